The molecule has 0 spiro atoms. The third-order valence-corrected chi connectivity index (χ3v) is 1.92. The van der Waals surface area contributed by atoms with Crippen LogP contribution in [-0.4, -0.2) is 6.61 Å². The minimum atomic E-state index is 0.652. The van der Waals surface area contributed by atoms with Gasteiger partial charge in [0.2, 0.25) is 0 Å². The van der Waals surface area contributed by atoms with Crippen LogP contribution in [0.5, 0.6) is 5.75 Å². The molecule has 1 aromatic carbocycles. The van der Waals surface area contributed by atoms with E-state index in [1.54, 1.807) is 0 Å². The summed E-state index contributed by atoms with van der Waals surface area (Å²) in [6, 6.07) is 6.20. The van der Waals surface area contributed by atoms with Gasteiger partial charge >= 0.3 is 0 Å². The first-order chi connectivity index (χ1) is 5.27. The summed E-state index contributed by atoms with van der Waals surface area (Å²) in [6.45, 7) is 6.61. The maximum absolute atomic E-state index is 5.39. The molecule has 1 nitrogen and oxygen atoms in total. The molecule has 0 aromatic heterocycles. The molecule has 0 saturated heterocycles. The summed E-state index contributed by atoms with van der Waals surface area (Å²) < 4.78 is 5.39. The summed E-state index contributed by atoms with van der Waals surface area (Å²) in [4.78, 5) is 0. The maximum atomic E-state index is 5.39. The number of ether oxygens (including phenoxy) is 1. The fraction of sp³-hybridized carbons (Fsp3) is 0.200. The quantitative estimate of drug-likeness (QED) is 0.546. The zero-order valence-corrected chi connectivity index (χ0v) is 6.55. The summed E-state index contributed by atoms with van der Waals surface area (Å²) in [5, 5.41) is 0. The van der Waals surface area contributed by atoms with Crippen LogP contribution in [0.3, 0.4) is 0 Å². The van der Waals surface area contributed by atoms with E-state index in [0.717, 1.165) is 16.9 Å². The zero-order valence-electron chi connectivity index (χ0n) is 6.55. The molecule has 0 fully saturated rings. The lowest BCUT2D eigenvalue weighted by Crippen LogP contribution is -1.85. The lowest BCUT2D eigenvalue weighted by molar-refractivity contribution is 0.388. The number of rotatable bonds is 0. The zero-order chi connectivity index (χ0) is 7.84. The van der Waals surface area contributed by atoms with Crippen LogP contribution >= 0.6 is 0 Å². The van der Waals surface area contributed by atoms with Gasteiger partial charge in [-0.1, -0.05) is 18.7 Å². The SMILES string of the molecule is C=C1COc2cc(C)ccc21. The van der Waals surface area contributed by atoms with Crippen molar-refractivity contribution in [3.63, 3.8) is 0 Å². The number of hydrogen-bond acceptors (Lipinski definition) is 1. The Morgan fingerprint density at radius 2 is 2.27 bits per heavy atom. The Hall–Kier alpha value is -1.24. The largest absolute Gasteiger partial charge is 0.488 e. The Bertz CT molecular complexity index is 313. The minimum absolute atomic E-state index is 0.652. The second-order valence-electron chi connectivity index (χ2n) is 2.89. The molecule has 56 valence electrons. The van der Waals surface area contributed by atoms with Crippen molar-refractivity contribution in [1.82, 2.24) is 0 Å². The van der Waals surface area contributed by atoms with E-state index < -0.39 is 0 Å². The van der Waals surface area contributed by atoms with Crippen molar-refractivity contribution in [2.24, 2.45) is 0 Å². The van der Waals surface area contributed by atoms with Crippen LogP contribution in [0.4, 0.5) is 0 Å². The lowest BCUT2D eigenvalue weighted by Gasteiger charge is -1.97. The number of benzene rings is 1. The van der Waals surface area contributed by atoms with Crippen molar-refractivity contribution in [1.29, 1.82) is 0 Å². The normalized spacial score (nSPS) is 14.5. The number of fused-ring (bicyclic) bond motifs is 1. The molecule has 1 heteroatoms. The second-order valence-corrected chi connectivity index (χ2v) is 2.89. The molecule has 1 aliphatic rings. The van der Waals surface area contributed by atoms with Crippen LogP contribution in [0.2, 0.25) is 0 Å². The van der Waals surface area contributed by atoms with E-state index >= 15 is 0 Å². The van der Waals surface area contributed by atoms with Crippen molar-refractivity contribution >= 4 is 5.57 Å². The number of aryl methyl sites for hydroxylation is 1. The fourth-order valence-corrected chi connectivity index (χ4v) is 1.28. The Morgan fingerprint density at radius 3 is 3.09 bits per heavy atom. The van der Waals surface area contributed by atoms with E-state index in [0.29, 0.717) is 6.61 Å². The summed E-state index contributed by atoms with van der Waals surface area (Å²) in [5.41, 5.74) is 3.48. The van der Waals surface area contributed by atoms with Gasteiger partial charge in [0.05, 0.1) is 0 Å². The summed E-state index contributed by atoms with van der Waals surface area (Å²) in [5.74, 6) is 0.981. The molecule has 2 rings (SSSR count). The van der Waals surface area contributed by atoms with Crippen LogP contribution in [0.15, 0.2) is 24.8 Å². The van der Waals surface area contributed by atoms with Crippen molar-refractivity contribution in [3.8, 4) is 5.75 Å². The highest BCUT2D eigenvalue weighted by Gasteiger charge is 2.14. The van der Waals surface area contributed by atoms with E-state index in [1.165, 1.54) is 5.56 Å². The van der Waals surface area contributed by atoms with Crippen molar-refractivity contribution in [2.45, 2.75) is 6.92 Å². The average molecular weight is 146 g/mol. The molecule has 0 bridgehead atoms. The molecule has 1 heterocycles. The maximum Gasteiger partial charge on any atom is 0.127 e. The Morgan fingerprint density at radius 1 is 1.45 bits per heavy atom. The molecular formula is C10H10O. The molecular weight excluding hydrogens is 136 g/mol. The molecule has 0 radical (unpaired) electrons. The summed E-state index contributed by atoms with van der Waals surface area (Å²) in [7, 11) is 0. The minimum Gasteiger partial charge on any atom is -0.488 e. The van der Waals surface area contributed by atoms with Gasteiger partial charge in [0.1, 0.15) is 12.4 Å². The smallest absolute Gasteiger partial charge is 0.127 e. The average Bonchev–Trinajstić information content (AvgIpc) is 2.32. The topological polar surface area (TPSA) is 9.23 Å². The Balaban J connectivity index is 2.59. The van der Waals surface area contributed by atoms with Gasteiger partial charge in [0.15, 0.2) is 0 Å². The molecule has 0 amide bonds. The molecule has 1 aromatic rings. The molecule has 0 saturated carbocycles. The molecule has 1 aliphatic heterocycles. The molecule has 0 unspecified atom stereocenters. The van der Waals surface area contributed by atoms with Crippen molar-refractivity contribution in [2.75, 3.05) is 6.61 Å². The standard InChI is InChI=1S/C10H10O/c1-7-3-4-9-8(2)6-11-10(9)5-7/h3-5H,2,6H2,1H3. The van der Waals surface area contributed by atoms with Crippen LogP contribution < -0.4 is 4.74 Å². The molecule has 0 atom stereocenters. The Kier molecular flexibility index (Phi) is 1.25. The summed E-state index contributed by atoms with van der Waals surface area (Å²) >= 11 is 0. The monoisotopic (exact) mass is 146 g/mol. The number of hydrogen-bond donors (Lipinski definition) is 0. The van der Waals surface area contributed by atoms with Crippen LogP contribution in [0.1, 0.15) is 11.1 Å². The third-order valence-electron chi connectivity index (χ3n) is 1.92. The van der Waals surface area contributed by atoms with Gasteiger partial charge in [0.25, 0.3) is 0 Å². The van der Waals surface area contributed by atoms with Crippen molar-refractivity contribution in [3.05, 3.63) is 35.9 Å². The third kappa shape index (κ3) is 0.929. The second kappa shape index (κ2) is 2.12. The predicted octanol–water partition coefficient (Wildman–Crippen LogP) is 2.40. The van der Waals surface area contributed by atoms with Gasteiger partial charge in [-0.15, -0.1) is 0 Å². The van der Waals surface area contributed by atoms with Gasteiger partial charge in [0, 0.05) is 5.56 Å². The van der Waals surface area contributed by atoms with E-state index in [2.05, 4.69) is 25.6 Å². The molecule has 0 N–H and O–H groups in total. The van der Waals surface area contributed by atoms with Gasteiger partial charge < -0.3 is 4.74 Å². The lowest BCUT2D eigenvalue weighted by atomic mass is 10.1. The molecule has 11 heavy (non-hydrogen) atoms. The highest BCUT2D eigenvalue weighted by Crippen LogP contribution is 2.32. The van der Waals surface area contributed by atoms with Crippen LogP contribution in [0, 0.1) is 6.92 Å². The Labute approximate surface area is 66.3 Å². The van der Waals surface area contributed by atoms with Gasteiger partial charge in [-0.3, -0.25) is 0 Å². The van der Waals surface area contributed by atoms with E-state index in [-0.39, 0.29) is 0 Å². The van der Waals surface area contributed by atoms with E-state index in [9.17, 15) is 0 Å². The molecule has 0 aliphatic carbocycles. The van der Waals surface area contributed by atoms with E-state index in [1.807, 2.05) is 6.07 Å². The first kappa shape index (κ1) is 6.47. The predicted molar refractivity (Wildman–Crippen MR) is 45.7 cm³/mol. The summed E-state index contributed by atoms with van der Waals surface area (Å²) in [6.07, 6.45) is 0. The highest BCUT2D eigenvalue weighted by molar-refractivity contribution is 5.73. The van der Waals surface area contributed by atoms with E-state index in [4.69, 9.17) is 4.74 Å². The van der Waals surface area contributed by atoms with Gasteiger partial charge in [-0.05, 0) is 24.1 Å². The highest BCUT2D eigenvalue weighted by atomic mass is 16.5. The van der Waals surface area contributed by atoms with Crippen LogP contribution in [-0.2, 0) is 0 Å². The first-order valence-corrected chi connectivity index (χ1v) is 3.69. The van der Waals surface area contributed by atoms with Crippen LogP contribution in [0.25, 0.3) is 5.57 Å². The first-order valence-electron chi connectivity index (χ1n) is 3.69. The van der Waals surface area contributed by atoms with Crippen molar-refractivity contribution < 1.29 is 4.74 Å². The van der Waals surface area contributed by atoms with Gasteiger partial charge in [-0.2, -0.15) is 0 Å². The fourth-order valence-electron chi connectivity index (χ4n) is 1.28. The van der Waals surface area contributed by atoms with Gasteiger partial charge in [-0.25, -0.2) is 0 Å².